The monoisotopic (exact) mass is 337 g/mol. The highest BCUT2D eigenvalue weighted by atomic mass is 16.7. The maximum absolute atomic E-state index is 12.2. The van der Waals surface area contributed by atoms with Gasteiger partial charge in [0.2, 0.25) is 6.79 Å². The van der Waals surface area contributed by atoms with E-state index in [4.69, 9.17) is 14.2 Å². The van der Waals surface area contributed by atoms with Crippen LogP contribution in [0.4, 0.5) is 0 Å². The summed E-state index contributed by atoms with van der Waals surface area (Å²) in [5, 5.41) is 13.2. The van der Waals surface area contributed by atoms with Crippen molar-refractivity contribution >= 4 is 12.1 Å². The van der Waals surface area contributed by atoms with Gasteiger partial charge in [-0.1, -0.05) is 30.3 Å². The van der Waals surface area contributed by atoms with Crippen molar-refractivity contribution < 1.29 is 19.0 Å². The zero-order chi connectivity index (χ0) is 17.6. The highest BCUT2D eigenvalue weighted by molar-refractivity contribution is 5.89. The van der Waals surface area contributed by atoms with Crippen molar-refractivity contribution in [3.05, 3.63) is 53.6 Å². The number of ether oxygens (including phenoxy) is 3. The lowest BCUT2D eigenvalue weighted by Crippen LogP contribution is -2.24. The first kappa shape index (κ1) is 16.3. The molecule has 1 aliphatic heterocycles. The molecule has 1 heterocycles. The van der Waals surface area contributed by atoms with E-state index in [0.29, 0.717) is 28.4 Å². The summed E-state index contributed by atoms with van der Waals surface area (Å²) >= 11 is 0. The highest BCUT2D eigenvalue weighted by Crippen LogP contribution is 2.37. The predicted molar refractivity (Wildman–Crippen MR) is 89.6 cm³/mol. The maximum Gasteiger partial charge on any atom is 0.261 e. The number of methoxy groups -OCH3 is 1. The minimum absolute atomic E-state index is 0.150. The van der Waals surface area contributed by atoms with E-state index in [-0.39, 0.29) is 6.79 Å². The van der Waals surface area contributed by atoms with Crippen LogP contribution in [0, 0.1) is 11.3 Å². The first-order valence-electron chi connectivity index (χ1n) is 7.48. The second-order valence-electron chi connectivity index (χ2n) is 5.15. The Morgan fingerprint density at radius 2 is 2.04 bits per heavy atom. The van der Waals surface area contributed by atoms with E-state index in [0.717, 1.165) is 0 Å². The Morgan fingerprint density at radius 3 is 2.72 bits per heavy atom. The fourth-order valence-corrected chi connectivity index (χ4v) is 2.38. The molecule has 3 rings (SSSR count). The molecule has 0 saturated carbocycles. The molecule has 1 amide bonds. The van der Waals surface area contributed by atoms with Crippen molar-refractivity contribution in [1.82, 2.24) is 5.43 Å². The topological polar surface area (TPSA) is 92.9 Å². The molecule has 0 aromatic heterocycles. The number of nitrogens with zero attached hydrogens (tertiary/aromatic N) is 2. The van der Waals surface area contributed by atoms with E-state index < -0.39 is 11.8 Å². The van der Waals surface area contributed by atoms with Crippen LogP contribution in [-0.4, -0.2) is 26.0 Å². The number of hydrogen-bond acceptors (Lipinski definition) is 6. The van der Waals surface area contributed by atoms with Crippen LogP contribution in [0.2, 0.25) is 0 Å². The van der Waals surface area contributed by atoms with E-state index >= 15 is 0 Å². The Bertz CT molecular complexity index is 843. The summed E-state index contributed by atoms with van der Waals surface area (Å²) in [4.78, 5) is 12.2. The standard InChI is InChI=1S/C18H15N3O4/c1-23-15-8-17-16(24-11-25-17)7-13(15)10-20-21-18(22)14(9-19)12-5-3-2-4-6-12/h2-8,10,14H,11H2,1H3,(H,21,22)/b20-10-/t14-/m0/s1. The first-order chi connectivity index (χ1) is 12.2. The molecular weight excluding hydrogens is 322 g/mol. The van der Waals surface area contributed by atoms with Crippen molar-refractivity contribution in [3.8, 4) is 23.3 Å². The molecule has 0 fully saturated rings. The summed E-state index contributed by atoms with van der Waals surface area (Å²) in [6, 6.07) is 14.2. The average molecular weight is 337 g/mol. The van der Waals surface area contributed by atoms with Crippen LogP contribution in [0.15, 0.2) is 47.6 Å². The number of hydrazone groups is 1. The van der Waals surface area contributed by atoms with Gasteiger partial charge in [0.05, 0.1) is 19.4 Å². The summed E-state index contributed by atoms with van der Waals surface area (Å²) in [6.07, 6.45) is 1.43. The van der Waals surface area contributed by atoms with Crippen molar-refractivity contribution in [2.24, 2.45) is 5.10 Å². The van der Waals surface area contributed by atoms with Crippen molar-refractivity contribution in [2.75, 3.05) is 13.9 Å². The lowest BCUT2D eigenvalue weighted by atomic mass is 10.0. The van der Waals surface area contributed by atoms with E-state index in [1.807, 2.05) is 12.1 Å². The molecule has 0 bridgehead atoms. The molecule has 1 N–H and O–H groups in total. The molecule has 0 spiro atoms. The minimum Gasteiger partial charge on any atom is -0.496 e. The third-order valence-electron chi connectivity index (χ3n) is 3.63. The number of carbonyl (C=O) groups is 1. The molecule has 7 nitrogen and oxygen atoms in total. The van der Waals surface area contributed by atoms with Crippen molar-refractivity contribution in [1.29, 1.82) is 5.26 Å². The van der Waals surface area contributed by atoms with Gasteiger partial charge in [-0.25, -0.2) is 5.43 Å². The van der Waals surface area contributed by atoms with Gasteiger partial charge in [0.15, 0.2) is 17.4 Å². The van der Waals surface area contributed by atoms with Crippen LogP contribution in [0.5, 0.6) is 17.2 Å². The van der Waals surface area contributed by atoms with Gasteiger partial charge in [-0.05, 0) is 11.6 Å². The van der Waals surface area contributed by atoms with E-state index in [1.54, 1.807) is 36.4 Å². The number of fused-ring (bicyclic) bond motifs is 1. The minimum atomic E-state index is -0.933. The van der Waals surface area contributed by atoms with Gasteiger partial charge in [0.1, 0.15) is 5.75 Å². The summed E-state index contributed by atoms with van der Waals surface area (Å²) in [5.41, 5.74) is 3.60. The van der Waals surface area contributed by atoms with Crippen molar-refractivity contribution in [3.63, 3.8) is 0 Å². The fraction of sp³-hybridized carbons (Fsp3) is 0.167. The number of hydrogen-bond donors (Lipinski definition) is 1. The normalized spacial score (nSPS) is 13.3. The van der Waals surface area contributed by atoms with Gasteiger partial charge in [-0.3, -0.25) is 4.79 Å². The Balaban J connectivity index is 1.73. The van der Waals surface area contributed by atoms with E-state index in [9.17, 15) is 10.1 Å². The Morgan fingerprint density at radius 1 is 1.32 bits per heavy atom. The third-order valence-corrected chi connectivity index (χ3v) is 3.63. The number of nitriles is 1. The zero-order valence-corrected chi connectivity index (χ0v) is 13.4. The number of rotatable bonds is 5. The molecule has 0 unspecified atom stereocenters. The largest absolute Gasteiger partial charge is 0.496 e. The molecule has 1 atom stereocenters. The van der Waals surface area contributed by atoms with Crippen LogP contribution in [0.25, 0.3) is 0 Å². The van der Waals surface area contributed by atoms with Gasteiger partial charge >= 0.3 is 0 Å². The van der Waals surface area contributed by atoms with Gasteiger partial charge in [-0.2, -0.15) is 10.4 Å². The number of amides is 1. The summed E-state index contributed by atoms with van der Waals surface area (Å²) in [6.45, 7) is 0.150. The summed E-state index contributed by atoms with van der Waals surface area (Å²) in [7, 11) is 1.52. The number of nitrogens with one attached hydrogen (secondary N) is 1. The molecule has 0 aliphatic carbocycles. The molecule has 2 aromatic carbocycles. The second-order valence-corrected chi connectivity index (χ2v) is 5.15. The Kier molecular flexibility index (Phi) is 4.81. The lowest BCUT2D eigenvalue weighted by Gasteiger charge is -2.08. The smallest absolute Gasteiger partial charge is 0.261 e. The fourth-order valence-electron chi connectivity index (χ4n) is 2.38. The molecule has 25 heavy (non-hydrogen) atoms. The van der Waals surface area contributed by atoms with E-state index in [2.05, 4.69) is 10.5 Å². The predicted octanol–water partition coefficient (Wildman–Crippen LogP) is 2.18. The van der Waals surface area contributed by atoms with Gasteiger partial charge < -0.3 is 14.2 Å². The first-order valence-corrected chi connectivity index (χ1v) is 7.48. The van der Waals surface area contributed by atoms with Crippen LogP contribution in [0.3, 0.4) is 0 Å². The summed E-state index contributed by atoms with van der Waals surface area (Å²) in [5.74, 6) is 0.253. The Labute approximate surface area is 144 Å². The highest BCUT2D eigenvalue weighted by Gasteiger charge is 2.20. The van der Waals surface area contributed by atoms with Crippen LogP contribution >= 0.6 is 0 Å². The lowest BCUT2D eigenvalue weighted by molar-refractivity contribution is -0.121. The van der Waals surface area contributed by atoms with Crippen LogP contribution in [-0.2, 0) is 4.79 Å². The van der Waals surface area contributed by atoms with Gasteiger partial charge in [0, 0.05) is 11.6 Å². The van der Waals surface area contributed by atoms with Gasteiger partial charge in [0.25, 0.3) is 5.91 Å². The molecule has 2 aromatic rings. The van der Waals surface area contributed by atoms with Crippen LogP contribution < -0.4 is 19.6 Å². The third kappa shape index (κ3) is 3.53. The molecule has 1 aliphatic rings. The molecular formula is C18H15N3O4. The van der Waals surface area contributed by atoms with Crippen LogP contribution in [0.1, 0.15) is 17.0 Å². The second kappa shape index (κ2) is 7.36. The maximum atomic E-state index is 12.2. The van der Waals surface area contributed by atoms with Crippen molar-refractivity contribution in [2.45, 2.75) is 5.92 Å². The quantitative estimate of drug-likeness (QED) is 0.667. The molecule has 7 heteroatoms. The molecule has 0 saturated heterocycles. The molecule has 126 valence electrons. The SMILES string of the molecule is COc1cc2c(cc1/C=N\NC(=O)[C@@H](C#N)c1ccccc1)OCO2. The van der Waals surface area contributed by atoms with E-state index in [1.165, 1.54) is 13.3 Å². The van der Waals surface area contributed by atoms with Gasteiger partial charge in [-0.15, -0.1) is 0 Å². The Hall–Kier alpha value is -3.53. The zero-order valence-electron chi connectivity index (χ0n) is 13.4. The number of benzene rings is 2. The number of carbonyl (C=O) groups excluding carboxylic acids is 1. The molecule has 0 radical (unpaired) electrons. The average Bonchev–Trinajstić information content (AvgIpc) is 3.10. The summed E-state index contributed by atoms with van der Waals surface area (Å²) < 4.78 is 15.9.